The lowest BCUT2D eigenvalue weighted by molar-refractivity contribution is 0.472. The Hall–Kier alpha value is -7.82. The van der Waals surface area contributed by atoms with E-state index in [1.54, 1.807) is 12.1 Å². The number of aryl methyl sites for hydroxylation is 4. The normalized spacial score (nSPS) is 12.5. The number of phenolic OH excluding ortho intramolecular Hbond substituents is 1. The topological polar surface area (TPSA) is 50.9 Å². The number of hydrogen-bond acceptors (Lipinski definition) is 3. The van der Waals surface area contributed by atoms with Crippen molar-refractivity contribution in [3.8, 4) is 89.7 Å². The highest BCUT2D eigenvalue weighted by atomic mass is 16.3. The summed E-state index contributed by atoms with van der Waals surface area (Å²) >= 11 is 0. The maximum absolute atomic E-state index is 12.0. The number of imidazole rings is 1. The van der Waals surface area contributed by atoms with Gasteiger partial charge in [0.05, 0.1) is 28.0 Å². The number of para-hydroxylation sites is 1. The van der Waals surface area contributed by atoms with Crippen LogP contribution in [-0.4, -0.2) is 19.6 Å². The van der Waals surface area contributed by atoms with Crippen LogP contribution in [0.4, 0.5) is 0 Å². The zero-order valence-electron chi connectivity index (χ0n) is 41.2. The third-order valence-corrected chi connectivity index (χ3v) is 12.7. The first-order valence-electron chi connectivity index (χ1n) is 24.0. The van der Waals surface area contributed by atoms with Crippen LogP contribution in [0.25, 0.3) is 95.0 Å². The summed E-state index contributed by atoms with van der Waals surface area (Å²) in [5.74, 6) is 0.833. The molecule has 0 aliphatic carbocycles. The fourth-order valence-electron chi connectivity index (χ4n) is 9.23. The Morgan fingerprint density at radius 2 is 1.14 bits per heavy atom. The van der Waals surface area contributed by atoms with E-state index < -0.39 is 6.85 Å². The lowest BCUT2D eigenvalue weighted by Gasteiger charge is -2.21. The molecule has 66 heavy (non-hydrogen) atoms. The molecule has 8 aromatic carbocycles. The molecule has 0 saturated carbocycles. The highest BCUT2D eigenvalue weighted by Gasteiger charge is 2.25. The minimum Gasteiger partial charge on any atom is -0.507 e. The Morgan fingerprint density at radius 3 is 1.85 bits per heavy atom. The zero-order valence-corrected chi connectivity index (χ0v) is 38.2. The molecule has 0 aliphatic rings. The van der Waals surface area contributed by atoms with E-state index in [0.29, 0.717) is 17.0 Å². The predicted molar refractivity (Wildman–Crippen MR) is 276 cm³/mol. The lowest BCUT2D eigenvalue weighted by atomic mass is 9.85. The minimum atomic E-state index is -2.18. The molecule has 2 aromatic heterocycles. The molecule has 322 valence electrons. The molecule has 0 saturated heterocycles. The fraction of sp³-hybridized carbons (Fsp3) is 0.129. The molecule has 0 radical (unpaired) electrons. The number of hydrogen-bond donors (Lipinski definition) is 1. The van der Waals surface area contributed by atoms with Gasteiger partial charge in [0.25, 0.3) is 0 Å². The third kappa shape index (κ3) is 8.01. The molecular weight excluding hydrogens is 803 g/mol. The number of pyridine rings is 1. The molecule has 0 unspecified atom stereocenters. The van der Waals surface area contributed by atoms with Crippen molar-refractivity contribution in [2.24, 2.45) is 0 Å². The molecule has 0 aliphatic heterocycles. The van der Waals surface area contributed by atoms with Gasteiger partial charge < -0.3 is 5.11 Å². The van der Waals surface area contributed by atoms with Crippen LogP contribution >= 0.6 is 0 Å². The van der Waals surface area contributed by atoms with Crippen LogP contribution in [0.15, 0.2) is 188 Å². The van der Waals surface area contributed by atoms with E-state index in [0.717, 1.165) is 100 Å². The van der Waals surface area contributed by atoms with Crippen molar-refractivity contribution in [1.82, 2.24) is 14.5 Å². The van der Waals surface area contributed by atoms with E-state index >= 15 is 0 Å². The second kappa shape index (κ2) is 17.0. The second-order valence-electron chi connectivity index (χ2n) is 18.5. The van der Waals surface area contributed by atoms with Gasteiger partial charge >= 0.3 is 0 Å². The summed E-state index contributed by atoms with van der Waals surface area (Å²) < 4.78 is 25.9. The van der Waals surface area contributed by atoms with Crippen molar-refractivity contribution >= 4 is 11.0 Å². The summed E-state index contributed by atoms with van der Waals surface area (Å²) in [5, 5.41) is 12.0. The fourth-order valence-corrected chi connectivity index (χ4v) is 9.23. The molecule has 0 amide bonds. The van der Waals surface area contributed by atoms with Gasteiger partial charge in [0.2, 0.25) is 0 Å². The smallest absolute Gasteiger partial charge is 0.149 e. The van der Waals surface area contributed by atoms with Crippen LogP contribution in [0, 0.1) is 27.6 Å². The van der Waals surface area contributed by atoms with Crippen LogP contribution in [0.1, 0.15) is 52.7 Å². The maximum atomic E-state index is 12.0. The van der Waals surface area contributed by atoms with E-state index in [9.17, 15) is 5.11 Å². The summed E-state index contributed by atoms with van der Waals surface area (Å²) in [6, 6.07) is 62.5. The number of nitrogens with zero attached hydrogens (tertiary/aromatic N) is 3. The van der Waals surface area contributed by atoms with E-state index in [2.05, 4.69) is 154 Å². The third-order valence-electron chi connectivity index (χ3n) is 12.7. The van der Waals surface area contributed by atoms with Crippen molar-refractivity contribution in [1.29, 1.82) is 0 Å². The minimum absolute atomic E-state index is 0.0136. The molecule has 2 heterocycles. The Bertz CT molecular complexity index is 3530. The molecular formula is C62H53N3O. The number of rotatable bonds is 8. The molecule has 4 heteroatoms. The highest BCUT2D eigenvalue weighted by molar-refractivity contribution is 5.99. The maximum Gasteiger partial charge on any atom is 0.149 e. The standard InChI is InChI=1S/C62H53N3O/c1-39-21-23-44(24-22-39)47-29-30-63-56(37-47)50-35-48(43-15-10-8-11-16-43)34-49(36-50)52-19-14-20-57-59(52)64-61(55-32-40(2)31-42(4)60(55)66)65(57)58-33-41(3)53(45-17-12-9-13-18-45)38-54(58)46-25-27-51(28-26-46)62(5,6)7/h8-38,66H,1-7H3/i1D3. The van der Waals surface area contributed by atoms with E-state index in [-0.39, 0.29) is 11.2 Å². The Labute approximate surface area is 392 Å². The second-order valence-corrected chi connectivity index (χ2v) is 18.5. The summed E-state index contributed by atoms with van der Waals surface area (Å²) in [6.45, 7) is 10.7. The van der Waals surface area contributed by atoms with E-state index in [1.165, 1.54) is 5.56 Å². The SMILES string of the molecule is [2H]C([2H])([2H])c1ccc(-c2ccnc(-c3cc(-c4ccccc4)cc(-c4cccc5c4nc(-c4cc(C)cc(C)c4O)n5-c4cc(C)c(-c5ccccc5)cc4-c4ccc(C(C)(C)C)cc4)c3)c2)cc1. The van der Waals surface area contributed by atoms with Gasteiger partial charge in [0.1, 0.15) is 11.6 Å². The molecule has 10 rings (SSSR count). The molecule has 4 nitrogen and oxygen atoms in total. The summed E-state index contributed by atoms with van der Waals surface area (Å²) in [7, 11) is 0. The molecule has 10 aromatic rings. The Morgan fingerprint density at radius 1 is 0.485 bits per heavy atom. The number of aromatic hydroxyl groups is 1. The first-order chi connectivity index (χ1) is 33.1. The quantitative estimate of drug-likeness (QED) is 0.166. The van der Waals surface area contributed by atoms with Crippen LogP contribution in [-0.2, 0) is 5.41 Å². The molecule has 0 atom stereocenters. The van der Waals surface area contributed by atoms with Gasteiger partial charge in [0.15, 0.2) is 0 Å². The zero-order chi connectivity index (χ0) is 48.2. The molecule has 0 fully saturated rings. The Kier molecular flexibility index (Phi) is 9.92. The predicted octanol–water partition coefficient (Wildman–Crippen LogP) is 16.3. The van der Waals surface area contributed by atoms with E-state index in [4.69, 9.17) is 14.1 Å². The highest BCUT2D eigenvalue weighted by Crippen LogP contribution is 2.44. The molecule has 0 bridgehead atoms. The van der Waals surface area contributed by atoms with Crippen LogP contribution in [0.5, 0.6) is 5.75 Å². The summed E-state index contributed by atoms with van der Waals surface area (Å²) in [6.07, 6.45) is 1.81. The number of phenols is 1. The van der Waals surface area contributed by atoms with Crippen molar-refractivity contribution in [3.63, 3.8) is 0 Å². The average molecular weight is 859 g/mol. The average Bonchev–Trinajstić information content (AvgIpc) is 3.74. The van der Waals surface area contributed by atoms with Gasteiger partial charge in [-0.05, 0) is 154 Å². The number of fused-ring (bicyclic) bond motifs is 1. The number of aromatic nitrogens is 3. The first-order valence-corrected chi connectivity index (χ1v) is 22.5. The van der Waals surface area contributed by atoms with Gasteiger partial charge in [0, 0.05) is 27.0 Å². The van der Waals surface area contributed by atoms with Crippen molar-refractivity contribution in [2.45, 2.75) is 53.8 Å². The largest absolute Gasteiger partial charge is 0.507 e. The van der Waals surface area contributed by atoms with Gasteiger partial charge in [-0.25, -0.2) is 4.98 Å². The lowest BCUT2D eigenvalue weighted by Crippen LogP contribution is -2.10. The molecule has 1 N–H and O–H groups in total. The number of benzene rings is 8. The van der Waals surface area contributed by atoms with Crippen LogP contribution < -0.4 is 0 Å². The van der Waals surface area contributed by atoms with Gasteiger partial charge in [-0.2, -0.15) is 0 Å². The van der Waals surface area contributed by atoms with Crippen LogP contribution in [0.3, 0.4) is 0 Å². The van der Waals surface area contributed by atoms with Crippen molar-refractivity contribution in [3.05, 3.63) is 216 Å². The van der Waals surface area contributed by atoms with Crippen molar-refractivity contribution < 1.29 is 9.22 Å². The first kappa shape index (κ1) is 38.6. The van der Waals surface area contributed by atoms with Crippen LogP contribution in [0.2, 0.25) is 0 Å². The van der Waals surface area contributed by atoms with E-state index in [1.807, 2.05) is 67.7 Å². The summed E-state index contributed by atoms with van der Waals surface area (Å²) in [4.78, 5) is 10.5. The molecule has 0 spiro atoms. The monoisotopic (exact) mass is 858 g/mol. The van der Waals surface area contributed by atoms with Gasteiger partial charge in [-0.3, -0.25) is 9.55 Å². The summed E-state index contributed by atoms with van der Waals surface area (Å²) in [5.41, 5.74) is 19.7. The van der Waals surface area contributed by atoms with Gasteiger partial charge in [-0.15, -0.1) is 0 Å². The van der Waals surface area contributed by atoms with Crippen molar-refractivity contribution in [2.75, 3.05) is 0 Å². The van der Waals surface area contributed by atoms with Gasteiger partial charge in [-0.1, -0.05) is 154 Å². The Balaban J connectivity index is 1.23.